The molecule has 1 aliphatic heterocycles. The number of alkyl halides is 6. The highest BCUT2D eigenvalue weighted by molar-refractivity contribution is 9.10. The van der Waals surface area contributed by atoms with Crippen LogP contribution in [0, 0.1) is 0 Å². The lowest BCUT2D eigenvalue weighted by Crippen LogP contribution is -2.35. The van der Waals surface area contributed by atoms with Crippen LogP contribution in [-0.2, 0) is 6.18 Å². The van der Waals surface area contributed by atoms with Crippen LogP contribution >= 0.6 is 27.5 Å². The lowest BCUT2D eigenvalue weighted by Gasteiger charge is -2.33. The molecule has 0 bridgehead atoms. The number of hydrogen-bond acceptors (Lipinski definition) is 4. The van der Waals surface area contributed by atoms with E-state index in [0.29, 0.717) is 22.5 Å². The van der Waals surface area contributed by atoms with E-state index in [0.717, 1.165) is 0 Å². The molecule has 3 heterocycles. The van der Waals surface area contributed by atoms with Gasteiger partial charge in [0.05, 0.1) is 21.1 Å². The number of pyridine rings is 1. The Hall–Kier alpha value is -2.80. The molecular weight excluding hydrogens is 556 g/mol. The standard InChI is InChI=1S/C20H13BrClF6N5O/c21-14-15(18(34)31-16-11(22)6-10(8-29-16)19(23,24)25)32-33-13(20(26,27)28)7-12(30-17(14)33)9-4-2-1-3-5-9/h1-6,8,12-13,30H,7H2,(H,29,31,34). The molecule has 3 aromatic rings. The number of hydrogen-bond donors (Lipinski definition) is 2. The van der Waals surface area contributed by atoms with E-state index in [1.165, 1.54) is 0 Å². The van der Waals surface area contributed by atoms with Crippen LogP contribution in [0.3, 0.4) is 0 Å². The monoisotopic (exact) mass is 567 g/mol. The molecule has 1 aromatic carbocycles. The first-order valence-electron chi connectivity index (χ1n) is 9.56. The SMILES string of the molecule is O=C(Nc1ncc(C(F)(F)F)cc1Cl)c1nn2c(c1Br)NC(c1ccccc1)CC2C(F)(F)F. The van der Waals surface area contributed by atoms with Gasteiger partial charge in [0.15, 0.2) is 17.6 Å². The van der Waals surface area contributed by atoms with E-state index in [1.807, 2.05) is 0 Å². The minimum atomic E-state index is -4.70. The van der Waals surface area contributed by atoms with E-state index in [1.54, 1.807) is 30.3 Å². The van der Waals surface area contributed by atoms with E-state index in [9.17, 15) is 31.1 Å². The van der Waals surface area contributed by atoms with Crippen molar-refractivity contribution in [2.45, 2.75) is 30.9 Å². The fourth-order valence-electron chi connectivity index (χ4n) is 3.49. The number of halogens is 8. The molecule has 0 saturated carbocycles. The maximum atomic E-state index is 13.9. The Morgan fingerprint density at radius 3 is 2.44 bits per heavy atom. The molecule has 0 saturated heterocycles. The minimum Gasteiger partial charge on any atom is -0.362 e. The highest BCUT2D eigenvalue weighted by Crippen LogP contribution is 2.46. The molecule has 0 radical (unpaired) electrons. The second-order valence-electron chi connectivity index (χ2n) is 7.36. The Labute approximate surface area is 201 Å². The summed E-state index contributed by atoms with van der Waals surface area (Å²) < 4.78 is 80.6. The summed E-state index contributed by atoms with van der Waals surface area (Å²) in [5.41, 5.74) is -0.940. The number of amides is 1. The van der Waals surface area contributed by atoms with Gasteiger partial charge in [0.1, 0.15) is 5.82 Å². The van der Waals surface area contributed by atoms with Crippen LogP contribution in [-0.4, -0.2) is 26.8 Å². The van der Waals surface area contributed by atoms with Crippen molar-refractivity contribution in [2.24, 2.45) is 0 Å². The van der Waals surface area contributed by atoms with Gasteiger partial charge in [-0.3, -0.25) is 4.79 Å². The first kappa shape index (κ1) is 24.3. The van der Waals surface area contributed by atoms with Crippen LogP contribution in [0.5, 0.6) is 0 Å². The van der Waals surface area contributed by atoms with Crippen molar-refractivity contribution < 1.29 is 31.1 Å². The van der Waals surface area contributed by atoms with E-state index in [4.69, 9.17) is 11.6 Å². The van der Waals surface area contributed by atoms with Crippen molar-refractivity contribution in [1.29, 1.82) is 0 Å². The lowest BCUT2D eigenvalue weighted by molar-refractivity contribution is -0.173. The van der Waals surface area contributed by atoms with Crippen molar-refractivity contribution in [1.82, 2.24) is 14.8 Å². The fourth-order valence-corrected chi connectivity index (χ4v) is 4.26. The topological polar surface area (TPSA) is 71.8 Å². The van der Waals surface area contributed by atoms with E-state index >= 15 is 0 Å². The molecule has 34 heavy (non-hydrogen) atoms. The van der Waals surface area contributed by atoms with Crippen LogP contribution in [0.1, 0.15) is 40.1 Å². The molecule has 2 atom stereocenters. The highest BCUT2D eigenvalue weighted by atomic mass is 79.9. The zero-order valence-corrected chi connectivity index (χ0v) is 19.0. The third-order valence-corrected chi connectivity index (χ3v) is 6.15. The third kappa shape index (κ3) is 4.71. The maximum absolute atomic E-state index is 13.9. The smallest absolute Gasteiger partial charge is 0.362 e. The maximum Gasteiger partial charge on any atom is 0.417 e. The van der Waals surface area contributed by atoms with E-state index < -0.39 is 52.4 Å². The number of fused-ring (bicyclic) bond motifs is 1. The van der Waals surface area contributed by atoms with Crippen LogP contribution in [0.2, 0.25) is 5.02 Å². The normalized spacial score (nSPS) is 18.2. The summed E-state index contributed by atoms with van der Waals surface area (Å²) in [5.74, 6) is -1.49. The van der Waals surface area contributed by atoms with Gasteiger partial charge < -0.3 is 10.6 Å². The molecule has 2 aromatic heterocycles. The Morgan fingerprint density at radius 1 is 1.18 bits per heavy atom. The number of nitrogens with one attached hydrogen (secondary N) is 2. The summed E-state index contributed by atoms with van der Waals surface area (Å²) in [4.78, 5) is 16.2. The minimum absolute atomic E-state index is 0.0529. The Morgan fingerprint density at radius 2 is 1.85 bits per heavy atom. The van der Waals surface area contributed by atoms with E-state index in [2.05, 4.69) is 36.6 Å². The summed E-state index contributed by atoms with van der Waals surface area (Å²) in [6, 6.07) is 6.31. The van der Waals surface area contributed by atoms with Gasteiger partial charge in [-0.2, -0.15) is 31.4 Å². The van der Waals surface area contributed by atoms with Crippen LogP contribution < -0.4 is 10.6 Å². The van der Waals surface area contributed by atoms with Crippen molar-refractivity contribution in [2.75, 3.05) is 10.6 Å². The number of aromatic nitrogens is 3. The lowest BCUT2D eigenvalue weighted by atomic mass is 9.97. The van der Waals surface area contributed by atoms with Crippen molar-refractivity contribution in [3.05, 3.63) is 68.9 Å². The predicted octanol–water partition coefficient (Wildman–Crippen LogP) is 6.63. The second kappa shape index (κ2) is 8.77. The molecule has 14 heteroatoms. The molecule has 1 aliphatic rings. The summed E-state index contributed by atoms with van der Waals surface area (Å²) in [7, 11) is 0. The van der Waals surface area contributed by atoms with Crippen LogP contribution in [0.25, 0.3) is 0 Å². The van der Waals surface area contributed by atoms with Gasteiger partial charge in [-0.15, -0.1) is 0 Å². The van der Waals surface area contributed by atoms with Crippen molar-refractivity contribution in [3.8, 4) is 0 Å². The molecule has 2 N–H and O–H groups in total. The number of benzene rings is 1. The molecule has 2 unspecified atom stereocenters. The fraction of sp³-hybridized carbons (Fsp3) is 0.250. The quantitative estimate of drug-likeness (QED) is 0.348. The molecular formula is C20H13BrClF6N5O. The molecule has 4 rings (SSSR count). The number of carbonyl (C=O) groups excluding carboxylic acids is 1. The first-order valence-corrected chi connectivity index (χ1v) is 10.7. The van der Waals surface area contributed by atoms with E-state index in [-0.39, 0.29) is 16.7 Å². The average Bonchev–Trinajstić information content (AvgIpc) is 3.10. The molecule has 0 spiro atoms. The molecule has 0 fully saturated rings. The second-order valence-corrected chi connectivity index (χ2v) is 8.56. The molecule has 0 aliphatic carbocycles. The Bertz CT molecular complexity index is 1230. The van der Waals surface area contributed by atoms with Crippen molar-refractivity contribution in [3.63, 3.8) is 0 Å². The summed E-state index contributed by atoms with van der Waals surface area (Å²) >= 11 is 8.93. The number of rotatable bonds is 3. The Balaban J connectivity index is 1.67. The van der Waals surface area contributed by atoms with Crippen LogP contribution in [0.4, 0.5) is 38.0 Å². The average molecular weight is 569 g/mol. The summed E-state index contributed by atoms with van der Waals surface area (Å²) in [5, 5.41) is 8.48. The van der Waals surface area contributed by atoms with Gasteiger partial charge >= 0.3 is 12.4 Å². The summed E-state index contributed by atoms with van der Waals surface area (Å²) in [6.45, 7) is 0. The Kier molecular flexibility index (Phi) is 6.27. The zero-order valence-electron chi connectivity index (χ0n) is 16.7. The van der Waals surface area contributed by atoms with Gasteiger partial charge in [-0.1, -0.05) is 41.9 Å². The van der Waals surface area contributed by atoms with Crippen molar-refractivity contribution >= 4 is 45.1 Å². The van der Waals surface area contributed by atoms with Crippen LogP contribution in [0.15, 0.2) is 47.1 Å². The largest absolute Gasteiger partial charge is 0.417 e. The molecule has 1 amide bonds. The van der Waals surface area contributed by atoms with Gasteiger partial charge in [-0.05, 0) is 27.6 Å². The zero-order chi connectivity index (χ0) is 24.8. The van der Waals surface area contributed by atoms with Gasteiger partial charge in [0, 0.05) is 12.6 Å². The number of nitrogens with zero attached hydrogens (tertiary/aromatic N) is 3. The molecule has 6 nitrogen and oxygen atoms in total. The van der Waals surface area contributed by atoms with Gasteiger partial charge in [-0.25, -0.2) is 9.67 Å². The van der Waals surface area contributed by atoms with Gasteiger partial charge in [0.2, 0.25) is 0 Å². The van der Waals surface area contributed by atoms with Gasteiger partial charge in [0.25, 0.3) is 5.91 Å². The third-order valence-electron chi connectivity index (χ3n) is 5.11. The molecule has 180 valence electrons. The first-order chi connectivity index (χ1) is 15.9. The number of anilines is 2. The summed E-state index contributed by atoms with van der Waals surface area (Å²) in [6.07, 6.45) is -9.26. The predicted molar refractivity (Wildman–Crippen MR) is 115 cm³/mol. The number of carbonyl (C=O) groups is 1. The highest BCUT2D eigenvalue weighted by Gasteiger charge is 2.47.